The van der Waals surface area contributed by atoms with Crippen LogP contribution < -0.4 is 0 Å². The number of hydrogen-bond acceptors (Lipinski definition) is 5. The first-order valence-electron chi connectivity index (χ1n) is 7.56. The molecule has 7 nitrogen and oxygen atoms in total. The van der Waals surface area contributed by atoms with Crippen LogP contribution in [0.4, 0.5) is 5.69 Å². The van der Waals surface area contributed by atoms with Gasteiger partial charge in [0.05, 0.1) is 10.7 Å². The van der Waals surface area contributed by atoms with E-state index < -0.39 is 14.9 Å². The number of sulfonamides is 1. The normalized spacial score (nSPS) is 22.7. The van der Waals surface area contributed by atoms with Crippen molar-refractivity contribution in [2.24, 2.45) is 0 Å². The molecule has 0 bridgehead atoms. The molecule has 1 fully saturated rings. The fraction of sp³-hybridized carbons (Fsp3) is 0.467. The van der Waals surface area contributed by atoms with Crippen molar-refractivity contribution in [3.63, 3.8) is 0 Å². The van der Waals surface area contributed by atoms with Crippen molar-refractivity contribution in [3.05, 3.63) is 52.1 Å². The summed E-state index contributed by atoms with van der Waals surface area (Å²) >= 11 is 0. The molecule has 1 aromatic rings. The van der Waals surface area contributed by atoms with Crippen molar-refractivity contribution in [2.45, 2.75) is 18.2 Å². The molecule has 0 aliphatic carbocycles. The minimum Gasteiger partial charge on any atom is -0.292 e. The summed E-state index contributed by atoms with van der Waals surface area (Å²) in [5.74, 6) is -0.324. The van der Waals surface area contributed by atoms with Crippen molar-refractivity contribution in [3.8, 4) is 0 Å². The summed E-state index contributed by atoms with van der Waals surface area (Å²) in [6.45, 7) is 2.67. The summed E-state index contributed by atoms with van der Waals surface area (Å²) in [6, 6.07) is 6.24. The smallest absolute Gasteiger partial charge is 0.273 e. The molecule has 1 aromatic carbocycles. The van der Waals surface area contributed by atoms with Crippen LogP contribution >= 0.6 is 0 Å². The average Bonchev–Trinajstić information content (AvgIpc) is 3.18. The maximum atomic E-state index is 12.6. The van der Waals surface area contributed by atoms with E-state index in [2.05, 4.69) is 17.1 Å². The first kappa shape index (κ1) is 16.1. The Morgan fingerprint density at radius 2 is 1.91 bits per heavy atom. The van der Waals surface area contributed by atoms with E-state index in [1.54, 1.807) is 12.1 Å². The lowest BCUT2D eigenvalue weighted by atomic mass is 10.2. The van der Waals surface area contributed by atoms with E-state index >= 15 is 0 Å². The van der Waals surface area contributed by atoms with Gasteiger partial charge in [0.15, 0.2) is 0 Å². The molecule has 1 saturated heterocycles. The number of nitro benzene ring substituents is 1. The number of hydrogen-bond donors (Lipinski definition) is 0. The van der Waals surface area contributed by atoms with Crippen molar-refractivity contribution < 1.29 is 13.3 Å². The van der Waals surface area contributed by atoms with Crippen LogP contribution in [0.5, 0.6) is 0 Å². The number of para-hydroxylation sites is 1. The molecule has 2 aliphatic rings. The predicted molar refractivity (Wildman–Crippen MR) is 86.4 cm³/mol. The largest absolute Gasteiger partial charge is 0.292 e. The van der Waals surface area contributed by atoms with Crippen molar-refractivity contribution >= 4 is 15.7 Å². The molecule has 2 heterocycles. The fourth-order valence-electron chi connectivity index (χ4n) is 3.15. The van der Waals surface area contributed by atoms with E-state index in [9.17, 15) is 18.5 Å². The van der Waals surface area contributed by atoms with Gasteiger partial charge in [-0.1, -0.05) is 30.4 Å². The SMILES string of the molecule is O=[N+]([O-])c1ccccc1CS(=O)(=O)N1CC[C@H](N2CC=CC2)C1. The molecule has 0 aromatic heterocycles. The second-order valence-corrected chi connectivity index (χ2v) is 7.84. The van der Waals surface area contributed by atoms with Crippen molar-refractivity contribution in [1.82, 2.24) is 9.21 Å². The van der Waals surface area contributed by atoms with Gasteiger partial charge in [-0.15, -0.1) is 0 Å². The van der Waals surface area contributed by atoms with Crippen LogP contribution in [-0.4, -0.2) is 54.8 Å². The lowest BCUT2D eigenvalue weighted by Crippen LogP contribution is -2.37. The van der Waals surface area contributed by atoms with Crippen LogP contribution in [0.25, 0.3) is 0 Å². The Bertz CT molecular complexity index is 724. The van der Waals surface area contributed by atoms with Gasteiger partial charge in [0.1, 0.15) is 0 Å². The third kappa shape index (κ3) is 3.44. The lowest BCUT2D eigenvalue weighted by molar-refractivity contribution is -0.385. The first-order chi connectivity index (χ1) is 11.0. The van der Waals surface area contributed by atoms with E-state index in [0.717, 1.165) is 19.5 Å². The van der Waals surface area contributed by atoms with Gasteiger partial charge in [-0.3, -0.25) is 15.0 Å². The van der Waals surface area contributed by atoms with Crippen LogP contribution in [0.15, 0.2) is 36.4 Å². The zero-order valence-electron chi connectivity index (χ0n) is 12.7. The van der Waals surface area contributed by atoms with E-state index in [4.69, 9.17) is 0 Å². The molecule has 0 amide bonds. The Balaban J connectivity index is 1.72. The average molecular weight is 337 g/mol. The lowest BCUT2D eigenvalue weighted by Gasteiger charge is -2.23. The van der Waals surface area contributed by atoms with Gasteiger partial charge < -0.3 is 0 Å². The highest BCUT2D eigenvalue weighted by molar-refractivity contribution is 7.88. The van der Waals surface area contributed by atoms with Gasteiger partial charge in [-0.25, -0.2) is 12.7 Å². The highest BCUT2D eigenvalue weighted by Gasteiger charge is 2.35. The molecule has 23 heavy (non-hydrogen) atoms. The maximum absolute atomic E-state index is 12.6. The van der Waals surface area contributed by atoms with Gasteiger partial charge in [-0.05, 0) is 6.42 Å². The van der Waals surface area contributed by atoms with Crippen LogP contribution in [0.3, 0.4) is 0 Å². The molecule has 0 radical (unpaired) electrons. The minimum atomic E-state index is -3.55. The molecule has 1 atom stereocenters. The van der Waals surface area contributed by atoms with Crippen molar-refractivity contribution in [2.75, 3.05) is 26.2 Å². The Hall–Kier alpha value is -1.77. The summed E-state index contributed by atoms with van der Waals surface area (Å²) in [4.78, 5) is 12.8. The zero-order chi connectivity index (χ0) is 16.4. The van der Waals surface area contributed by atoms with Crippen LogP contribution in [0, 0.1) is 10.1 Å². The molecule has 2 aliphatic heterocycles. The highest BCUT2D eigenvalue weighted by Crippen LogP contribution is 2.25. The van der Waals surface area contributed by atoms with Gasteiger partial charge >= 0.3 is 0 Å². The van der Waals surface area contributed by atoms with Crippen LogP contribution in [0.2, 0.25) is 0 Å². The molecule has 0 N–H and O–H groups in total. The van der Waals surface area contributed by atoms with Crippen LogP contribution in [0.1, 0.15) is 12.0 Å². The topological polar surface area (TPSA) is 83.8 Å². The third-order valence-corrected chi connectivity index (χ3v) is 6.20. The molecule has 3 rings (SSSR count). The minimum absolute atomic E-state index is 0.143. The second-order valence-electron chi connectivity index (χ2n) is 5.87. The third-order valence-electron chi connectivity index (χ3n) is 4.41. The summed E-state index contributed by atoms with van der Waals surface area (Å²) in [5.41, 5.74) is 0.0966. The molecule has 8 heteroatoms. The zero-order valence-corrected chi connectivity index (χ0v) is 13.5. The number of nitrogens with zero attached hydrogens (tertiary/aromatic N) is 3. The number of benzene rings is 1. The summed E-state index contributed by atoms with van der Waals surface area (Å²) in [7, 11) is -3.55. The van der Waals surface area contributed by atoms with Gasteiger partial charge in [0.2, 0.25) is 10.0 Å². The van der Waals surface area contributed by atoms with E-state index in [-0.39, 0.29) is 23.0 Å². The summed E-state index contributed by atoms with van der Waals surface area (Å²) in [6.07, 6.45) is 4.98. The van der Waals surface area contributed by atoms with E-state index in [1.807, 2.05) is 0 Å². The number of rotatable bonds is 5. The van der Waals surface area contributed by atoms with Crippen molar-refractivity contribution in [1.29, 1.82) is 0 Å². The molecule has 124 valence electrons. The van der Waals surface area contributed by atoms with Crippen LogP contribution in [-0.2, 0) is 15.8 Å². The van der Waals surface area contributed by atoms with E-state index in [0.29, 0.717) is 13.1 Å². The Morgan fingerprint density at radius 3 is 2.61 bits per heavy atom. The molecule has 0 unspecified atom stereocenters. The Kier molecular flexibility index (Phi) is 4.47. The van der Waals surface area contributed by atoms with Gasteiger partial charge in [0, 0.05) is 43.9 Å². The summed E-state index contributed by atoms with van der Waals surface area (Å²) in [5, 5.41) is 11.0. The maximum Gasteiger partial charge on any atom is 0.273 e. The molecule has 0 saturated carbocycles. The Labute approximate surface area is 135 Å². The second kappa shape index (κ2) is 6.38. The summed E-state index contributed by atoms with van der Waals surface area (Å²) < 4.78 is 26.7. The number of nitro groups is 1. The molecular weight excluding hydrogens is 318 g/mol. The van der Waals surface area contributed by atoms with E-state index in [1.165, 1.54) is 16.4 Å². The standard InChI is InChI=1S/C15H19N3O4S/c19-18(20)15-6-2-1-5-13(15)12-23(21,22)17-10-7-14(11-17)16-8-3-4-9-16/h1-6,14H,7-12H2/t14-/m0/s1. The quantitative estimate of drug-likeness (QED) is 0.460. The fourth-order valence-corrected chi connectivity index (χ4v) is 4.76. The van der Waals surface area contributed by atoms with Gasteiger partial charge in [0.25, 0.3) is 5.69 Å². The molecular formula is C15H19N3O4S. The van der Waals surface area contributed by atoms with Gasteiger partial charge in [-0.2, -0.15) is 0 Å². The first-order valence-corrected chi connectivity index (χ1v) is 9.17. The predicted octanol–water partition coefficient (Wildman–Crippen LogP) is 1.37. The highest BCUT2D eigenvalue weighted by atomic mass is 32.2. The Morgan fingerprint density at radius 1 is 1.22 bits per heavy atom. The monoisotopic (exact) mass is 337 g/mol. The molecule has 0 spiro atoms.